The first-order valence-electron chi connectivity index (χ1n) is 13.5. The van der Waals surface area contributed by atoms with E-state index < -0.39 is 12.2 Å². The number of hydrogen-bond acceptors (Lipinski definition) is 5. The second-order valence-corrected chi connectivity index (χ2v) is 10.1. The zero-order valence-corrected chi connectivity index (χ0v) is 22.8. The molecule has 2 N–H and O–H groups in total. The quantitative estimate of drug-likeness (QED) is 0.469. The van der Waals surface area contributed by atoms with E-state index in [0.29, 0.717) is 26.1 Å². The molecule has 5 rings (SSSR count). The van der Waals surface area contributed by atoms with Crippen LogP contribution in [0.4, 0.5) is 10.5 Å². The number of carbonyl (C=O) groups is 3. The molecule has 0 aromatic heterocycles. The molecule has 0 bridgehead atoms. The lowest BCUT2D eigenvalue weighted by molar-refractivity contribution is -0.157. The molecule has 2 saturated heterocycles. The van der Waals surface area contributed by atoms with Gasteiger partial charge in [0.1, 0.15) is 12.2 Å². The summed E-state index contributed by atoms with van der Waals surface area (Å²) in [7, 11) is 3.46. The van der Waals surface area contributed by atoms with E-state index in [1.165, 1.54) is 0 Å². The van der Waals surface area contributed by atoms with E-state index in [4.69, 9.17) is 0 Å². The van der Waals surface area contributed by atoms with Crippen LogP contribution in [-0.2, 0) is 22.6 Å². The normalized spacial score (nSPS) is 19.4. The van der Waals surface area contributed by atoms with Crippen molar-refractivity contribution in [1.29, 1.82) is 0 Å². The highest BCUT2D eigenvalue weighted by atomic mass is 16.2. The van der Waals surface area contributed by atoms with Gasteiger partial charge in [0.2, 0.25) is 11.8 Å². The van der Waals surface area contributed by atoms with Gasteiger partial charge >= 0.3 is 6.03 Å². The number of nitrogens with zero attached hydrogens (tertiary/aromatic N) is 4. The van der Waals surface area contributed by atoms with Crippen molar-refractivity contribution < 1.29 is 14.4 Å². The van der Waals surface area contributed by atoms with Crippen molar-refractivity contribution >= 4 is 34.3 Å². The second-order valence-electron chi connectivity index (χ2n) is 10.1. The first-order valence-corrected chi connectivity index (χ1v) is 13.5. The van der Waals surface area contributed by atoms with E-state index in [1.807, 2.05) is 66.3 Å². The minimum Gasteiger partial charge on any atom is -0.388 e. The van der Waals surface area contributed by atoms with E-state index in [1.54, 1.807) is 17.0 Å². The lowest BCUT2D eigenvalue weighted by Crippen LogP contribution is -2.66. The first kappa shape index (κ1) is 26.5. The number of nitrogens with one attached hydrogen (secondary N) is 2. The molecule has 204 valence electrons. The molecule has 0 unspecified atom stereocenters. The fraction of sp³-hybridized carbons (Fsp3) is 0.367. The number of piperazine rings is 1. The summed E-state index contributed by atoms with van der Waals surface area (Å²) < 4.78 is 0. The number of rotatable bonds is 8. The van der Waals surface area contributed by atoms with Gasteiger partial charge in [0.15, 0.2) is 0 Å². The monoisotopic (exact) mass is 528 g/mol. The van der Waals surface area contributed by atoms with Crippen molar-refractivity contribution in [2.75, 3.05) is 39.0 Å². The van der Waals surface area contributed by atoms with Crippen LogP contribution in [0.2, 0.25) is 0 Å². The highest BCUT2D eigenvalue weighted by molar-refractivity contribution is 5.92. The molecule has 0 spiro atoms. The van der Waals surface area contributed by atoms with Crippen LogP contribution in [0.1, 0.15) is 24.5 Å². The van der Waals surface area contributed by atoms with Gasteiger partial charge in [-0.05, 0) is 40.5 Å². The van der Waals surface area contributed by atoms with E-state index in [0.717, 1.165) is 34.0 Å². The van der Waals surface area contributed by atoms with Crippen LogP contribution >= 0.6 is 0 Å². The highest BCUT2D eigenvalue weighted by Gasteiger charge is 2.52. The molecule has 9 heteroatoms. The Morgan fingerprint density at radius 3 is 2.46 bits per heavy atom. The van der Waals surface area contributed by atoms with Gasteiger partial charge < -0.3 is 20.4 Å². The predicted octanol–water partition coefficient (Wildman–Crippen LogP) is 3.27. The molecule has 2 fully saturated rings. The molecule has 2 aliphatic heterocycles. The maximum Gasteiger partial charge on any atom is 0.331 e. The summed E-state index contributed by atoms with van der Waals surface area (Å²) in [6.45, 7) is 3.28. The fourth-order valence-electron chi connectivity index (χ4n) is 5.74. The van der Waals surface area contributed by atoms with Gasteiger partial charge in [-0.1, -0.05) is 61.5 Å². The zero-order chi connectivity index (χ0) is 27.5. The third kappa shape index (κ3) is 5.14. The largest absolute Gasteiger partial charge is 0.388 e. The molecule has 3 aromatic rings. The summed E-state index contributed by atoms with van der Waals surface area (Å²) in [6, 6.07) is 21.3. The van der Waals surface area contributed by atoms with Crippen molar-refractivity contribution in [2.45, 2.75) is 38.5 Å². The molecule has 0 saturated carbocycles. The van der Waals surface area contributed by atoms with Gasteiger partial charge in [-0.25, -0.2) is 4.79 Å². The summed E-state index contributed by atoms with van der Waals surface area (Å²) in [5, 5.41) is 11.5. The Hall–Kier alpha value is -4.11. The van der Waals surface area contributed by atoms with Crippen LogP contribution in [0.15, 0.2) is 66.7 Å². The van der Waals surface area contributed by atoms with Crippen molar-refractivity contribution in [3.8, 4) is 0 Å². The minimum absolute atomic E-state index is 0.0582. The molecule has 39 heavy (non-hydrogen) atoms. The Balaban J connectivity index is 1.51. The number of hydrogen-bond donors (Lipinski definition) is 2. The number of carbonyl (C=O) groups excluding carboxylic acids is 3. The topological polar surface area (TPSA) is 88.2 Å². The van der Waals surface area contributed by atoms with Gasteiger partial charge in [0.05, 0.1) is 13.1 Å². The maximum absolute atomic E-state index is 14.1. The van der Waals surface area contributed by atoms with Crippen LogP contribution in [0.3, 0.4) is 0 Å². The van der Waals surface area contributed by atoms with E-state index in [9.17, 15) is 14.4 Å². The molecule has 0 radical (unpaired) electrons. The summed E-state index contributed by atoms with van der Waals surface area (Å²) >= 11 is 0. The molecular formula is C30H36N6O3. The molecule has 2 heterocycles. The number of amides is 4. The number of anilines is 1. The molecule has 4 amide bonds. The first-order chi connectivity index (χ1) is 18.9. The molecule has 2 atom stereocenters. The van der Waals surface area contributed by atoms with Crippen LogP contribution < -0.4 is 10.6 Å². The average Bonchev–Trinajstić information content (AvgIpc) is 3.29. The average molecular weight is 529 g/mol. The van der Waals surface area contributed by atoms with E-state index in [-0.39, 0.29) is 24.4 Å². The highest BCUT2D eigenvalue weighted by Crippen LogP contribution is 2.31. The number of fused-ring (bicyclic) bond motifs is 2. The van der Waals surface area contributed by atoms with Crippen molar-refractivity contribution in [3.05, 3.63) is 77.9 Å². The van der Waals surface area contributed by atoms with Crippen molar-refractivity contribution in [3.63, 3.8) is 0 Å². The number of hydrazine groups is 1. The van der Waals surface area contributed by atoms with Gasteiger partial charge in [0.25, 0.3) is 0 Å². The van der Waals surface area contributed by atoms with E-state index in [2.05, 4.69) is 34.9 Å². The second kappa shape index (κ2) is 11.3. The number of urea groups is 1. The fourth-order valence-corrected chi connectivity index (χ4v) is 5.74. The Morgan fingerprint density at radius 2 is 1.74 bits per heavy atom. The minimum atomic E-state index is -0.662. The molecule has 2 aliphatic rings. The van der Waals surface area contributed by atoms with Crippen molar-refractivity contribution in [1.82, 2.24) is 25.1 Å². The standard InChI is InChI=1S/C30H36N6O3/c1-4-16-34(30(39)32-3)35-20-28(37)36-26(17-21-12-14-24(31-2)15-13-21)29(38)33(19-27(35)36)18-23-10-7-9-22-8-5-6-11-25(22)23/h5-15,26-27,31H,4,16-20H2,1-3H3,(H,32,39)/t26-,27+/m0/s1. The smallest absolute Gasteiger partial charge is 0.331 e. The maximum atomic E-state index is 14.1. The Labute approximate surface area is 229 Å². The molecule has 3 aromatic carbocycles. The summed E-state index contributed by atoms with van der Waals surface area (Å²) in [5.41, 5.74) is 3.01. The summed E-state index contributed by atoms with van der Waals surface area (Å²) in [5.74, 6) is -0.214. The Morgan fingerprint density at radius 1 is 1.00 bits per heavy atom. The third-order valence-corrected chi connectivity index (χ3v) is 7.67. The van der Waals surface area contributed by atoms with Gasteiger partial charge in [0, 0.05) is 39.3 Å². The van der Waals surface area contributed by atoms with Crippen LogP contribution in [0, 0.1) is 0 Å². The van der Waals surface area contributed by atoms with Crippen molar-refractivity contribution in [2.24, 2.45) is 0 Å². The Kier molecular flexibility index (Phi) is 7.70. The molecule has 0 aliphatic carbocycles. The van der Waals surface area contributed by atoms with Crippen LogP contribution in [-0.4, -0.2) is 83.6 Å². The van der Waals surface area contributed by atoms with Gasteiger partial charge in [-0.2, -0.15) is 5.01 Å². The van der Waals surface area contributed by atoms with Crippen LogP contribution in [0.5, 0.6) is 0 Å². The van der Waals surface area contributed by atoms with E-state index >= 15 is 0 Å². The predicted molar refractivity (Wildman–Crippen MR) is 152 cm³/mol. The lowest BCUT2D eigenvalue weighted by atomic mass is 9.98. The lowest BCUT2D eigenvalue weighted by Gasteiger charge is -2.46. The zero-order valence-electron chi connectivity index (χ0n) is 22.8. The SMILES string of the molecule is CCCN(C(=O)NC)N1CC(=O)N2[C@@H](Cc3ccc(NC)cc3)C(=O)N(Cc3cccc4ccccc34)C[C@@H]21. The van der Waals surface area contributed by atoms with Crippen LogP contribution in [0.25, 0.3) is 10.8 Å². The molecule has 9 nitrogen and oxygen atoms in total. The Bertz CT molecular complexity index is 1360. The molecular weight excluding hydrogens is 492 g/mol. The van der Waals surface area contributed by atoms with Gasteiger partial charge in [-0.3, -0.25) is 14.6 Å². The van der Waals surface area contributed by atoms with Gasteiger partial charge in [-0.15, -0.1) is 0 Å². The number of benzene rings is 3. The summed E-state index contributed by atoms with van der Waals surface area (Å²) in [4.78, 5) is 44.0. The summed E-state index contributed by atoms with van der Waals surface area (Å²) in [6.07, 6.45) is 0.708. The third-order valence-electron chi connectivity index (χ3n) is 7.67.